The van der Waals surface area contributed by atoms with Crippen LogP contribution in [0.3, 0.4) is 0 Å². The lowest BCUT2D eigenvalue weighted by molar-refractivity contribution is 0.824. The number of aliphatic imine (C=N–C) groups is 1. The van der Waals surface area contributed by atoms with E-state index in [1.54, 1.807) is 0 Å². The molecular formula is C14H23N. The van der Waals surface area contributed by atoms with Gasteiger partial charge < -0.3 is 0 Å². The first kappa shape index (κ1) is 13.9. The van der Waals surface area contributed by atoms with Gasteiger partial charge in [0.1, 0.15) is 0 Å². The van der Waals surface area contributed by atoms with Crippen LogP contribution in [-0.2, 0) is 0 Å². The number of rotatable bonds is 7. The van der Waals surface area contributed by atoms with Gasteiger partial charge in [-0.1, -0.05) is 52.0 Å². The normalized spacial score (nSPS) is 13.1. The maximum Gasteiger partial charge on any atom is 0.0635 e. The highest BCUT2D eigenvalue weighted by Crippen LogP contribution is 2.16. The molecule has 0 atom stereocenters. The summed E-state index contributed by atoms with van der Waals surface area (Å²) in [5.74, 6) is 0.535. The Balaban J connectivity index is 4.84. The van der Waals surface area contributed by atoms with Crippen LogP contribution in [0.2, 0.25) is 0 Å². The van der Waals surface area contributed by atoms with E-state index in [9.17, 15) is 0 Å². The van der Waals surface area contributed by atoms with Crippen molar-refractivity contribution in [2.75, 3.05) is 6.54 Å². The van der Waals surface area contributed by atoms with Crippen molar-refractivity contribution < 1.29 is 0 Å². The molecular weight excluding hydrogens is 182 g/mol. The van der Waals surface area contributed by atoms with Gasteiger partial charge in [-0.15, -0.1) is 0 Å². The van der Waals surface area contributed by atoms with E-state index in [0.29, 0.717) is 12.5 Å². The fraction of sp³-hybridized carbons (Fsp3) is 0.500. The molecule has 0 amide bonds. The highest BCUT2D eigenvalue weighted by Gasteiger charge is 2.01. The van der Waals surface area contributed by atoms with Crippen LogP contribution in [0.25, 0.3) is 0 Å². The molecule has 0 saturated heterocycles. The second-order valence-corrected chi connectivity index (χ2v) is 3.97. The molecule has 1 heteroatoms. The first-order chi connectivity index (χ1) is 7.15. The Hall–Kier alpha value is -1.11. The Morgan fingerprint density at radius 3 is 2.47 bits per heavy atom. The summed E-state index contributed by atoms with van der Waals surface area (Å²) in [6.07, 6.45) is 8.62. The first-order valence-corrected chi connectivity index (χ1v) is 5.61. The molecule has 84 valence electrons. The van der Waals surface area contributed by atoms with Gasteiger partial charge in [0.25, 0.3) is 0 Å². The molecule has 0 aromatic carbocycles. The molecule has 0 unspecified atom stereocenters. The van der Waals surface area contributed by atoms with Crippen LogP contribution in [0.4, 0.5) is 0 Å². The zero-order valence-electron chi connectivity index (χ0n) is 10.3. The van der Waals surface area contributed by atoms with Crippen molar-refractivity contribution >= 4 is 6.72 Å². The van der Waals surface area contributed by atoms with Crippen molar-refractivity contribution in [3.05, 3.63) is 36.0 Å². The Morgan fingerprint density at radius 1 is 1.40 bits per heavy atom. The molecule has 0 bridgehead atoms. The molecule has 0 aliphatic heterocycles. The van der Waals surface area contributed by atoms with Crippen molar-refractivity contribution in [3.8, 4) is 0 Å². The Bertz CT molecular complexity index is 257. The number of hydrogen-bond donors (Lipinski definition) is 0. The predicted molar refractivity (Wildman–Crippen MR) is 70.5 cm³/mol. The van der Waals surface area contributed by atoms with Crippen molar-refractivity contribution in [3.63, 3.8) is 0 Å². The van der Waals surface area contributed by atoms with E-state index in [1.807, 2.05) is 6.08 Å². The van der Waals surface area contributed by atoms with Gasteiger partial charge in [0.05, 0.1) is 6.54 Å². The van der Waals surface area contributed by atoms with E-state index in [1.165, 1.54) is 11.1 Å². The average Bonchev–Trinajstić information content (AvgIpc) is 2.20. The van der Waals surface area contributed by atoms with Crippen molar-refractivity contribution in [2.45, 2.75) is 33.6 Å². The number of hydrogen-bond acceptors (Lipinski definition) is 1. The van der Waals surface area contributed by atoms with E-state index in [0.717, 1.165) is 12.8 Å². The van der Waals surface area contributed by atoms with Crippen LogP contribution < -0.4 is 0 Å². The SMILES string of the molecule is C=CC(=C\C(C)C)/C(=C\CCC)CN=C. The van der Waals surface area contributed by atoms with E-state index in [-0.39, 0.29) is 0 Å². The van der Waals surface area contributed by atoms with Gasteiger partial charge in [0.15, 0.2) is 0 Å². The summed E-state index contributed by atoms with van der Waals surface area (Å²) in [7, 11) is 0. The molecule has 0 aromatic rings. The Kier molecular flexibility index (Phi) is 7.61. The van der Waals surface area contributed by atoms with Gasteiger partial charge in [-0.05, 0) is 30.2 Å². The molecule has 0 radical (unpaired) electrons. The second-order valence-electron chi connectivity index (χ2n) is 3.97. The molecule has 0 aliphatic carbocycles. The fourth-order valence-electron chi connectivity index (χ4n) is 1.38. The van der Waals surface area contributed by atoms with E-state index < -0.39 is 0 Å². The lowest BCUT2D eigenvalue weighted by Crippen LogP contribution is -1.94. The Labute approximate surface area is 94.3 Å². The van der Waals surface area contributed by atoms with Crippen LogP contribution in [0.15, 0.2) is 40.9 Å². The molecule has 0 aromatic heterocycles. The predicted octanol–water partition coefficient (Wildman–Crippen LogP) is 4.18. The van der Waals surface area contributed by atoms with Crippen LogP contribution in [-0.4, -0.2) is 13.3 Å². The lowest BCUT2D eigenvalue weighted by atomic mass is 10.0. The third kappa shape index (κ3) is 6.05. The fourth-order valence-corrected chi connectivity index (χ4v) is 1.38. The zero-order valence-corrected chi connectivity index (χ0v) is 10.3. The molecule has 0 rings (SSSR count). The summed E-state index contributed by atoms with van der Waals surface area (Å²) in [4.78, 5) is 3.96. The van der Waals surface area contributed by atoms with Crippen molar-refractivity contribution in [1.29, 1.82) is 0 Å². The molecule has 0 heterocycles. The summed E-state index contributed by atoms with van der Waals surface area (Å²) in [5.41, 5.74) is 2.45. The van der Waals surface area contributed by atoms with Crippen LogP contribution >= 0.6 is 0 Å². The molecule has 0 fully saturated rings. The van der Waals surface area contributed by atoms with Gasteiger partial charge in [0, 0.05) is 0 Å². The van der Waals surface area contributed by atoms with Gasteiger partial charge >= 0.3 is 0 Å². The summed E-state index contributed by atoms with van der Waals surface area (Å²) >= 11 is 0. The highest BCUT2D eigenvalue weighted by atomic mass is 14.7. The smallest absolute Gasteiger partial charge is 0.0635 e. The monoisotopic (exact) mass is 205 g/mol. The molecule has 0 N–H and O–H groups in total. The quantitative estimate of drug-likeness (QED) is 0.436. The first-order valence-electron chi connectivity index (χ1n) is 5.61. The zero-order chi connectivity index (χ0) is 11.7. The minimum absolute atomic E-state index is 0.535. The van der Waals surface area contributed by atoms with E-state index in [2.05, 4.69) is 51.2 Å². The largest absolute Gasteiger partial charge is 0.296 e. The third-order valence-corrected chi connectivity index (χ3v) is 2.07. The van der Waals surface area contributed by atoms with Gasteiger partial charge in [-0.25, -0.2) is 0 Å². The summed E-state index contributed by atoms with van der Waals surface area (Å²) in [6.45, 7) is 14.6. The van der Waals surface area contributed by atoms with Crippen LogP contribution in [0, 0.1) is 5.92 Å². The summed E-state index contributed by atoms with van der Waals surface area (Å²) in [6, 6.07) is 0. The second kappa shape index (κ2) is 8.22. The molecule has 0 saturated carbocycles. The topological polar surface area (TPSA) is 12.4 Å². The van der Waals surface area contributed by atoms with Crippen molar-refractivity contribution in [2.24, 2.45) is 10.9 Å². The van der Waals surface area contributed by atoms with Gasteiger partial charge in [-0.2, -0.15) is 0 Å². The van der Waals surface area contributed by atoms with Crippen molar-refractivity contribution in [1.82, 2.24) is 0 Å². The highest BCUT2D eigenvalue weighted by molar-refractivity contribution is 5.41. The number of nitrogens with zero attached hydrogens (tertiary/aromatic N) is 1. The minimum atomic E-state index is 0.535. The average molecular weight is 205 g/mol. The maximum absolute atomic E-state index is 3.96. The lowest BCUT2D eigenvalue weighted by Gasteiger charge is -2.08. The molecule has 1 nitrogen and oxygen atoms in total. The maximum atomic E-state index is 3.96. The molecule has 0 aliphatic rings. The summed E-state index contributed by atoms with van der Waals surface area (Å²) in [5, 5.41) is 0. The van der Waals surface area contributed by atoms with Gasteiger partial charge in [0.2, 0.25) is 0 Å². The Morgan fingerprint density at radius 2 is 2.07 bits per heavy atom. The van der Waals surface area contributed by atoms with E-state index in [4.69, 9.17) is 0 Å². The third-order valence-electron chi connectivity index (χ3n) is 2.07. The summed E-state index contributed by atoms with van der Waals surface area (Å²) < 4.78 is 0. The van der Waals surface area contributed by atoms with E-state index >= 15 is 0 Å². The number of allylic oxidation sites excluding steroid dienone is 3. The minimum Gasteiger partial charge on any atom is -0.296 e. The van der Waals surface area contributed by atoms with Crippen LogP contribution in [0.1, 0.15) is 33.6 Å². The van der Waals surface area contributed by atoms with Gasteiger partial charge in [-0.3, -0.25) is 4.99 Å². The molecule has 15 heavy (non-hydrogen) atoms. The molecule has 0 spiro atoms. The van der Waals surface area contributed by atoms with Crippen LogP contribution in [0.5, 0.6) is 0 Å². The standard InChI is InChI=1S/C14H23N/c1-6-8-9-14(11-15-5)13(7-2)10-12(3)4/h7,9-10,12H,2,5-6,8,11H2,1,3-4H3/b13-10+,14-9-. The number of unbranched alkanes of at least 4 members (excludes halogenated alkanes) is 1.